The first kappa shape index (κ1) is 19.4. The van der Waals surface area contributed by atoms with E-state index in [-0.39, 0.29) is 30.6 Å². The van der Waals surface area contributed by atoms with Crippen LogP contribution in [0.2, 0.25) is 0 Å². The normalized spacial score (nSPS) is 22.8. The Bertz CT molecular complexity index is 693. The number of morpholine rings is 1. The molecule has 0 N–H and O–H groups in total. The summed E-state index contributed by atoms with van der Waals surface area (Å²) in [6, 6.07) is 6.97. The summed E-state index contributed by atoms with van der Waals surface area (Å²) in [4.78, 5) is 39.6. The molecule has 146 valence electrons. The van der Waals surface area contributed by atoms with Gasteiger partial charge >= 0.3 is 5.97 Å². The third-order valence-corrected chi connectivity index (χ3v) is 4.83. The largest absolute Gasteiger partial charge is 0.452 e. The van der Waals surface area contributed by atoms with Crippen molar-refractivity contribution in [2.75, 3.05) is 26.2 Å². The lowest BCUT2D eigenvalue weighted by atomic mass is 10.1. The molecule has 0 aromatic heterocycles. The maximum atomic E-state index is 12.3. The van der Waals surface area contributed by atoms with Gasteiger partial charge < -0.3 is 19.3 Å². The minimum atomic E-state index is -0.526. The zero-order valence-corrected chi connectivity index (χ0v) is 15.8. The van der Waals surface area contributed by atoms with E-state index in [0.29, 0.717) is 31.6 Å². The first-order chi connectivity index (χ1) is 12.9. The Labute approximate surface area is 159 Å². The molecule has 1 aromatic rings. The van der Waals surface area contributed by atoms with E-state index in [1.54, 1.807) is 17.0 Å². The van der Waals surface area contributed by atoms with Gasteiger partial charge in [-0.05, 0) is 38.0 Å². The maximum absolute atomic E-state index is 12.3. The van der Waals surface area contributed by atoms with Crippen molar-refractivity contribution in [2.45, 2.75) is 45.4 Å². The van der Waals surface area contributed by atoms with Gasteiger partial charge in [0, 0.05) is 32.6 Å². The molecule has 1 aromatic carbocycles. The van der Waals surface area contributed by atoms with Crippen molar-refractivity contribution < 1.29 is 23.9 Å². The minimum Gasteiger partial charge on any atom is -0.452 e. The second kappa shape index (κ2) is 8.52. The number of carbonyl (C=O) groups is 3. The number of hydrogen-bond acceptors (Lipinski definition) is 5. The topological polar surface area (TPSA) is 76.2 Å². The Hall–Kier alpha value is -2.41. The van der Waals surface area contributed by atoms with Crippen LogP contribution in [-0.4, -0.2) is 66.0 Å². The molecule has 7 heteroatoms. The third kappa shape index (κ3) is 5.07. The van der Waals surface area contributed by atoms with Gasteiger partial charge in [-0.2, -0.15) is 0 Å². The molecular formula is C20H26N2O5. The number of ether oxygens (including phenoxy) is 2. The fourth-order valence-corrected chi connectivity index (χ4v) is 3.52. The smallest absolute Gasteiger partial charge is 0.338 e. The van der Waals surface area contributed by atoms with Gasteiger partial charge in [-0.25, -0.2) is 4.79 Å². The van der Waals surface area contributed by atoms with Crippen molar-refractivity contribution in [3.05, 3.63) is 35.4 Å². The van der Waals surface area contributed by atoms with Crippen LogP contribution in [0.3, 0.4) is 0 Å². The van der Waals surface area contributed by atoms with E-state index in [1.807, 2.05) is 30.9 Å². The van der Waals surface area contributed by atoms with Crippen LogP contribution in [-0.2, 0) is 25.6 Å². The van der Waals surface area contributed by atoms with Gasteiger partial charge in [-0.15, -0.1) is 0 Å². The van der Waals surface area contributed by atoms with E-state index in [2.05, 4.69) is 0 Å². The monoisotopic (exact) mass is 374 g/mol. The third-order valence-electron chi connectivity index (χ3n) is 4.83. The van der Waals surface area contributed by atoms with Crippen LogP contribution in [0, 0.1) is 0 Å². The summed E-state index contributed by atoms with van der Waals surface area (Å²) in [6.45, 7) is 5.90. The molecule has 0 spiro atoms. The predicted molar refractivity (Wildman–Crippen MR) is 98.0 cm³/mol. The summed E-state index contributed by atoms with van der Waals surface area (Å²) >= 11 is 0. The predicted octanol–water partition coefficient (Wildman–Crippen LogP) is 1.60. The number of nitrogens with zero attached hydrogens (tertiary/aromatic N) is 2. The van der Waals surface area contributed by atoms with E-state index in [4.69, 9.17) is 9.47 Å². The second-order valence-electron chi connectivity index (χ2n) is 7.25. The van der Waals surface area contributed by atoms with Crippen molar-refractivity contribution in [3.8, 4) is 0 Å². The summed E-state index contributed by atoms with van der Waals surface area (Å²) in [5.41, 5.74) is 1.36. The summed E-state index contributed by atoms with van der Waals surface area (Å²) in [7, 11) is 0. The van der Waals surface area contributed by atoms with Crippen LogP contribution in [0.25, 0.3) is 0 Å². The first-order valence-electron chi connectivity index (χ1n) is 9.39. The van der Waals surface area contributed by atoms with Crippen LogP contribution < -0.4 is 0 Å². The molecule has 7 nitrogen and oxygen atoms in total. The van der Waals surface area contributed by atoms with Gasteiger partial charge in [-0.1, -0.05) is 12.1 Å². The maximum Gasteiger partial charge on any atom is 0.338 e. The first-order valence-corrected chi connectivity index (χ1v) is 9.39. The Morgan fingerprint density at radius 1 is 1.15 bits per heavy atom. The quantitative estimate of drug-likeness (QED) is 0.732. The van der Waals surface area contributed by atoms with E-state index in [9.17, 15) is 14.4 Å². The molecule has 0 unspecified atom stereocenters. The van der Waals surface area contributed by atoms with Crippen molar-refractivity contribution in [1.29, 1.82) is 0 Å². The van der Waals surface area contributed by atoms with Crippen LogP contribution >= 0.6 is 0 Å². The van der Waals surface area contributed by atoms with Gasteiger partial charge in [0.25, 0.3) is 5.91 Å². The number of amides is 2. The lowest BCUT2D eigenvalue weighted by molar-refractivity contribution is -0.146. The minimum absolute atomic E-state index is 0.0246. The number of benzene rings is 1. The number of esters is 1. The van der Waals surface area contributed by atoms with E-state index < -0.39 is 5.97 Å². The highest BCUT2D eigenvalue weighted by Gasteiger charge is 2.26. The fourth-order valence-electron chi connectivity index (χ4n) is 3.52. The number of hydrogen-bond donors (Lipinski definition) is 0. The fraction of sp³-hybridized carbons (Fsp3) is 0.550. The van der Waals surface area contributed by atoms with Crippen LogP contribution in [0.1, 0.15) is 42.6 Å². The zero-order chi connectivity index (χ0) is 19.4. The molecular weight excluding hydrogens is 348 g/mol. The highest BCUT2D eigenvalue weighted by Crippen LogP contribution is 2.15. The van der Waals surface area contributed by atoms with Crippen LogP contribution in [0.15, 0.2) is 24.3 Å². The lowest BCUT2D eigenvalue weighted by Crippen LogP contribution is -2.49. The molecule has 2 fully saturated rings. The van der Waals surface area contributed by atoms with Gasteiger partial charge in [0.2, 0.25) is 5.91 Å². The van der Waals surface area contributed by atoms with Crippen molar-refractivity contribution in [1.82, 2.24) is 9.80 Å². The summed E-state index contributed by atoms with van der Waals surface area (Å²) in [5.74, 6) is -0.570. The van der Waals surface area contributed by atoms with Crippen LogP contribution in [0.4, 0.5) is 0 Å². The lowest BCUT2D eigenvalue weighted by Gasteiger charge is -2.35. The second-order valence-corrected chi connectivity index (χ2v) is 7.25. The molecule has 0 saturated carbocycles. The van der Waals surface area contributed by atoms with Gasteiger partial charge in [0.15, 0.2) is 6.61 Å². The number of carbonyl (C=O) groups excluding carboxylic acids is 3. The molecule has 0 radical (unpaired) electrons. The van der Waals surface area contributed by atoms with Crippen molar-refractivity contribution in [2.24, 2.45) is 0 Å². The van der Waals surface area contributed by atoms with E-state index >= 15 is 0 Å². The molecule has 2 aliphatic rings. The average Bonchev–Trinajstić information content (AvgIpc) is 3.04. The van der Waals surface area contributed by atoms with E-state index in [0.717, 1.165) is 18.5 Å². The Kier molecular flexibility index (Phi) is 6.11. The molecule has 2 saturated heterocycles. The summed E-state index contributed by atoms with van der Waals surface area (Å²) < 4.78 is 10.8. The zero-order valence-electron chi connectivity index (χ0n) is 15.8. The van der Waals surface area contributed by atoms with Gasteiger partial charge in [-0.3, -0.25) is 9.59 Å². The molecule has 3 rings (SSSR count). The summed E-state index contributed by atoms with van der Waals surface area (Å²) in [6.07, 6.45) is 1.46. The standard InChI is InChI=1S/C20H26N2O5/c1-14-10-22(11-15(2)27-14)19(24)13-26-20(25)17-7-5-16(6-8-17)12-21-9-3-4-18(21)23/h5-8,14-15H,3-4,9-13H2,1-2H3/t14-,15+. The van der Waals surface area contributed by atoms with Crippen molar-refractivity contribution >= 4 is 17.8 Å². The molecule has 27 heavy (non-hydrogen) atoms. The molecule has 2 atom stereocenters. The highest BCUT2D eigenvalue weighted by molar-refractivity contribution is 5.91. The molecule has 0 bridgehead atoms. The Morgan fingerprint density at radius 2 is 1.81 bits per heavy atom. The van der Waals surface area contributed by atoms with E-state index in [1.165, 1.54) is 0 Å². The Morgan fingerprint density at radius 3 is 2.41 bits per heavy atom. The number of rotatable bonds is 5. The molecule has 0 aliphatic carbocycles. The summed E-state index contributed by atoms with van der Waals surface area (Å²) in [5, 5.41) is 0. The number of likely N-dealkylation sites (tertiary alicyclic amines) is 1. The average molecular weight is 374 g/mol. The SMILES string of the molecule is C[C@@H]1CN(C(=O)COC(=O)c2ccc(CN3CCCC3=O)cc2)C[C@H](C)O1. The van der Waals surface area contributed by atoms with Crippen molar-refractivity contribution in [3.63, 3.8) is 0 Å². The Balaban J connectivity index is 1.49. The van der Waals surface area contributed by atoms with Gasteiger partial charge in [0.05, 0.1) is 17.8 Å². The molecule has 2 amide bonds. The van der Waals surface area contributed by atoms with Gasteiger partial charge in [0.1, 0.15) is 0 Å². The van der Waals surface area contributed by atoms with Crippen LogP contribution in [0.5, 0.6) is 0 Å². The molecule has 2 aliphatic heterocycles. The molecule has 2 heterocycles. The highest BCUT2D eigenvalue weighted by atomic mass is 16.5.